The number of hydrogen-bond donors (Lipinski definition) is 2. The summed E-state index contributed by atoms with van der Waals surface area (Å²) in [5, 5.41) is 15.6. The van der Waals surface area contributed by atoms with E-state index in [9.17, 15) is 5.26 Å². The Morgan fingerprint density at radius 3 is 2.58 bits per heavy atom. The van der Waals surface area contributed by atoms with Gasteiger partial charge in [0.1, 0.15) is 23.5 Å². The third kappa shape index (κ3) is 3.21. The minimum absolute atomic E-state index is 0.234. The van der Waals surface area contributed by atoms with Gasteiger partial charge in [-0.1, -0.05) is 12.1 Å². The molecule has 1 aromatic heterocycles. The molecule has 1 aliphatic rings. The summed E-state index contributed by atoms with van der Waals surface area (Å²) in [6.45, 7) is 2.05. The average molecular weight is 345 g/mol. The molecule has 26 heavy (non-hydrogen) atoms. The molecule has 0 spiro atoms. The molecular formula is C19H15N5O2. The van der Waals surface area contributed by atoms with E-state index in [0.29, 0.717) is 34.5 Å². The van der Waals surface area contributed by atoms with Gasteiger partial charge in [0.25, 0.3) is 0 Å². The summed E-state index contributed by atoms with van der Waals surface area (Å²) in [6, 6.07) is 16.8. The van der Waals surface area contributed by atoms with E-state index in [1.807, 2.05) is 43.3 Å². The van der Waals surface area contributed by atoms with Crippen molar-refractivity contribution in [1.29, 1.82) is 5.26 Å². The highest BCUT2D eigenvalue weighted by atomic mass is 16.7. The lowest BCUT2D eigenvalue weighted by Gasteiger charge is -2.11. The number of aryl methyl sites for hydroxylation is 1. The van der Waals surface area contributed by atoms with E-state index in [2.05, 4.69) is 26.7 Å². The second-order valence-corrected chi connectivity index (χ2v) is 5.66. The second-order valence-electron chi connectivity index (χ2n) is 5.66. The highest BCUT2D eigenvalue weighted by Crippen LogP contribution is 2.35. The van der Waals surface area contributed by atoms with Crippen molar-refractivity contribution in [1.82, 2.24) is 9.97 Å². The molecule has 0 fully saturated rings. The lowest BCUT2D eigenvalue weighted by molar-refractivity contribution is 0.174. The van der Waals surface area contributed by atoms with Gasteiger partial charge in [-0.3, -0.25) is 0 Å². The van der Waals surface area contributed by atoms with Crippen LogP contribution in [0.3, 0.4) is 0 Å². The van der Waals surface area contributed by atoms with Gasteiger partial charge in [0.05, 0.1) is 11.3 Å². The van der Waals surface area contributed by atoms with Crippen LogP contribution < -0.4 is 20.1 Å². The number of hydrogen-bond acceptors (Lipinski definition) is 7. The first-order valence-electron chi connectivity index (χ1n) is 8.00. The number of aromatic nitrogens is 2. The van der Waals surface area contributed by atoms with Crippen molar-refractivity contribution in [3.8, 4) is 17.6 Å². The predicted octanol–water partition coefficient (Wildman–Crippen LogP) is 3.87. The van der Waals surface area contributed by atoms with Gasteiger partial charge in [-0.2, -0.15) is 5.26 Å². The van der Waals surface area contributed by atoms with Crippen LogP contribution >= 0.6 is 0 Å². The number of nitrogens with zero attached hydrogens (tertiary/aromatic N) is 3. The van der Waals surface area contributed by atoms with Crippen LogP contribution in [0.25, 0.3) is 0 Å². The normalized spacial score (nSPS) is 11.7. The van der Waals surface area contributed by atoms with Crippen LogP contribution in [0.1, 0.15) is 11.4 Å². The average Bonchev–Trinajstić information content (AvgIpc) is 3.09. The van der Waals surface area contributed by atoms with Crippen molar-refractivity contribution in [3.63, 3.8) is 0 Å². The molecule has 0 radical (unpaired) electrons. The topological polar surface area (TPSA) is 92.1 Å². The summed E-state index contributed by atoms with van der Waals surface area (Å²) in [5.74, 6) is 3.26. The predicted molar refractivity (Wildman–Crippen MR) is 97.1 cm³/mol. The Morgan fingerprint density at radius 2 is 1.73 bits per heavy atom. The Kier molecular flexibility index (Phi) is 4.00. The third-order valence-electron chi connectivity index (χ3n) is 3.79. The van der Waals surface area contributed by atoms with Crippen LogP contribution in [0.5, 0.6) is 11.5 Å². The molecule has 128 valence electrons. The molecule has 2 N–H and O–H groups in total. The van der Waals surface area contributed by atoms with Crippen molar-refractivity contribution in [2.75, 3.05) is 17.4 Å². The summed E-state index contributed by atoms with van der Waals surface area (Å²) >= 11 is 0. The Bertz CT molecular complexity index is 1010. The van der Waals surface area contributed by atoms with Gasteiger partial charge in [-0.15, -0.1) is 0 Å². The summed E-state index contributed by atoms with van der Waals surface area (Å²) in [6.07, 6.45) is 0. The molecule has 7 heteroatoms. The lowest BCUT2D eigenvalue weighted by Crippen LogP contribution is -2.02. The van der Waals surface area contributed by atoms with Crippen LogP contribution in [0, 0.1) is 18.3 Å². The molecule has 0 atom stereocenters. The van der Waals surface area contributed by atoms with E-state index in [1.165, 1.54) is 0 Å². The second kappa shape index (κ2) is 6.61. The molecule has 1 aliphatic heterocycles. The van der Waals surface area contributed by atoms with E-state index in [0.717, 1.165) is 11.4 Å². The molecule has 7 nitrogen and oxygen atoms in total. The fourth-order valence-electron chi connectivity index (χ4n) is 2.65. The maximum Gasteiger partial charge on any atom is 0.231 e. The number of nitriles is 1. The van der Waals surface area contributed by atoms with Gasteiger partial charge in [0.15, 0.2) is 11.5 Å². The minimum atomic E-state index is 0.234. The molecule has 0 bridgehead atoms. The fraction of sp³-hybridized carbons (Fsp3) is 0.105. The van der Waals surface area contributed by atoms with E-state index in [4.69, 9.17) is 9.47 Å². The van der Waals surface area contributed by atoms with Crippen molar-refractivity contribution >= 4 is 23.0 Å². The smallest absolute Gasteiger partial charge is 0.231 e. The van der Waals surface area contributed by atoms with E-state index in [1.54, 1.807) is 12.1 Å². The van der Waals surface area contributed by atoms with Crippen LogP contribution in [0.15, 0.2) is 48.5 Å². The van der Waals surface area contributed by atoms with Gasteiger partial charge >= 0.3 is 0 Å². The first-order valence-corrected chi connectivity index (χ1v) is 8.00. The summed E-state index contributed by atoms with van der Waals surface area (Å²) < 4.78 is 10.7. The van der Waals surface area contributed by atoms with E-state index < -0.39 is 0 Å². The third-order valence-corrected chi connectivity index (χ3v) is 3.79. The lowest BCUT2D eigenvalue weighted by atomic mass is 10.2. The Labute approximate surface area is 150 Å². The zero-order chi connectivity index (χ0) is 17.9. The van der Waals surface area contributed by atoms with Gasteiger partial charge in [0, 0.05) is 17.8 Å². The fourth-order valence-corrected chi connectivity index (χ4v) is 2.65. The van der Waals surface area contributed by atoms with Crippen molar-refractivity contribution in [2.45, 2.75) is 6.92 Å². The van der Waals surface area contributed by atoms with Crippen LogP contribution in [0.2, 0.25) is 0 Å². The van der Waals surface area contributed by atoms with Gasteiger partial charge in [0.2, 0.25) is 6.79 Å². The standard InChI is InChI=1S/C19H15N5O2/c1-12-21-18(23-14-6-7-16-17(8-14)26-11-25-16)9-19(22-12)24-15-5-3-2-4-13(15)10-20/h2-9H,11H2,1H3,(H2,21,22,23,24). The van der Waals surface area contributed by atoms with Crippen LogP contribution in [-0.2, 0) is 0 Å². The van der Waals surface area contributed by atoms with Crippen molar-refractivity contribution in [3.05, 3.63) is 59.9 Å². The number of ether oxygens (including phenoxy) is 2. The minimum Gasteiger partial charge on any atom is -0.454 e. The molecule has 2 aromatic carbocycles. The molecule has 2 heterocycles. The van der Waals surface area contributed by atoms with Gasteiger partial charge in [-0.05, 0) is 31.2 Å². The zero-order valence-corrected chi connectivity index (χ0v) is 14.0. The number of fused-ring (bicyclic) bond motifs is 1. The van der Waals surface area contributed by atoms with Crippen molar-refractivity contribution in [2.24, 2.45) is 0 Å². The first-order chi connectivity index (χ1) is 12.7. The maximum atomic E-state index is 9.22. The summed E-state index contributed by atoms with van der Waals surface area (Å²) in [7, 11) is 0. The highest BCUT2D eigenvalue weighted by molar-refractivity contribution is 5.68. The number of benzene rings is 2. The highest BCUT2D eigenvalue weighted by Gasteiger charge is 2.13. The number of nitrogens with one attached hydrogen (secondary N) is 2. The zero-order valence-electron chi connectivity index (χ0n) is 14.0. The Morgan fingerprint density at radius 1 is 0.962 bits per heavy atom. The number of para-hydroxylation sites is 1. The van der Waals surface area contributed by atoms with Crippen LogP contribution in [0.4, 0.5) is 23.0 Å². The molecule has 0 saturated heterocycles. The van der Waals surface area contributed by atoms with E-state index in [-0.39, 0.29) is 6.79 Å². The SMILES string of the molecule is Cc1nc(Nc2ccc3c(c2)OCO3)cc(Nc2ccccc2C#N)n1. The molecule has 0 aliphatic carbocycles. The van der Waals surface area contributed by atoms with Crippen LogP contribution in [-0.4, -0.2) is 16.8 Å². The Balaban J connectivity index is 1.59. The molecular weight excluding hydrogens is 330 g/mol. The largest absolute Gasteiger partial charge is 0.454 e. The molecule has 4 rings (SSSR count). The molecule has 3 aromatic rings. The van der Waals surface area contributed by atoms with Crippen molar-refractivity contribution < 1.29 is 9.47 Å². The maximum absolute atomic E-state index is 9.22. The van der Waals surface area contributed by atoms with Gasteiger partial charge < -0.3 is 20.1 Å². The first kappa shape index (κ1) is 15.7. The number of anilines is 4. The summed E-state index contributed by atoms with van der Waals surface area (Å²) in [5.41, 5.74) is 2.08. The Hall–Kier alpha value is -3.79. The molecule has 0 amide bonds. The molecule has 0 saturated carbocycles. The monoisotopic (exact) mass is 345 g/mol. The summed E-state index contributed by atoms with van der Waals surface area (Å²) in [4.78, 5) is 8.80. The molecule has 0 unspecified atom stereocenters. The van der Waals surface area contributed by atoms with Gasteiger partial charge in [-0.25, -0.2) is 9.97 Å². The number of rotatable bonds is 4. The quantitative estimate of drug-likeness (QED) is 0.741. The van der Waals surface area contributed by atoms with E-state index >= 15 is 0 Å².